The van der Waals surface area contributed by atoms with Gasteiger partial charge in [0.2, 0.25) is 0 Å². The summed E-state index contributed by atoms with van der Waals surface area (Å²) < 4.78 is 56.2. The van der Waals surface area contributed by atoms with E-state index in [9.17, 15) is 24.1 Å². The summed E-state index contributed by atoms with van der Waals surface area (Å²) in [5.41, 5.74) is -2.29. The van der Waals surface area contributed by atoms with Gasteiger partial charge in [-0.15, -0.1) is 0 Å². The summed E-state index contributed by atoms with van der Waals surface area (Å²) in [6.07, 6.45) is -2.25. The third-order valence-electron chi connectivity index (χ3n) is 8.11. The predicted octanol–water partition coefficient (Wildman–Crippen LogP) is 4.10. The van der Waals surface area contributed by atoms with E-state index >= 15 is 4.39 Å². The molecule has 1 aliphatic carbocycles. The van der Waals surface area contributed by atoms with Gasteiger partial charge in [-0.05, 0) is 58.7 Å². The first-order valence-corrected chi connectivity index (χ1v) is 16.6. The number of esters is 1. The molecule has 2 aromatic carbocycles. The van der Waals surface area contributed by atoms with Crippen LogP contribution in [0.1, 0.15) is 52.8 Å². The summed E-state index contributed by atoms with van der Waals surface area (Å²) in [7, 11) is -4.49. The van der Waals surface area contributed by atoms with Crippen molar-refractivity contribution in [3.8, 4) is 5.75 Å². The highest BCUT2D eigenvalue weighted by Gasteiger charge is 2.56. The molecule has 6 atom stereocenters. The molecule has 6 rings (SSSR count). The van der Waals surface area contributed by atoms with Gasteiger partial charge in [-0.3, -0.25) is 23.7 Å². The van der Waals surface area contributed by atoms with E-state index in [2.05, 4.69) is 9.65 Å². The van der Waals surface area contributed by atoms with Crippen LogP contribution in [0.5, 0.6) is 5.75 Å². The summed E-state index contributed by atoms with van der Waals surface area (Å²) in [6.45, 7) is 5.15. The number of carbonyl (C=O) groups excluding carboxylic acids is 1. The first kappa shape index (κ1) is 32.1. The predicted molar refractivity (Wildman–Crippen MR) is 166 cm³/mol. The Morgan fingerprint density at radius 2 is 1.87 bits per heavy atom. The molecule has 3 heterocycles. The highest BCUT2D eigenvalue weighted by atomic mass is 31.2. The molecule has 0 amide bonds. The van der Waals surface area contributed by atoms with Crippen LogP contribution in [0.4, 0.5) is 4.39 Å². The van der Waals surface area contributed by atoms with Crippen LogP contribution in [0.2, 0.25) is 0 Å². The lowest BCUT2D eigenvalue weighted by molar-refractivity contribution is -0.149. The molecule has 15 heteroatoms. The van der Waals surface area contributed by atoms with E-state index in [1.54, 1.807) is 26.0 Å². The number of rotatable bonds is 11. The Bertz CT molecular complexity index is 1950. The number of fused-ring (bicyclic) bond motifs is 3. The van der Waals surface area contributed by atoms with E-state index in [4.69, 9.17) is 18.5 Å². The van der Waals surface area contributed by atoms with Gasteiger partial charge in [0.25, 0.3) is 5.56 Å². The molecular weight excluding hydrogens is 622 g/mol. The lowest BCUT2D eigenvalue weighted by Gasteiger charge is -2.26. The normalized spacial score (nSPS) is 25.2. The monoisotopic (exact) mass is 658 g/mol. The molecule has 2 aliphatic rings. The van der Waals surface area contributed by atoms with Crippen molar-refractivity contribution in [3.63, 3.8) is 0 Å². The number of carbonyl (C=O) groups is 1. The minimum atomic E-state index is -4.49. The van der Waals surface area contributed by atoms with E-state index in [1.807, 2.05) is 35.3 Å². The third-order valence-corrected chi connectivity index (χ3v) is 9.74. The maximum Gasteiger partial charge on any atom is 0.459 e. The number of aliphatic hydroxyl groups is 1. The lowest BCUT2D eigenvalue weighted by Crippen LogP contribution is -2.43. The fourth-order valence-corrected chi connectivity index (χ4v) is 7.31. The average molecular weight is 659 g/mol. The SMILES string of the molecule is CC(C)OC(=O)[C@H](C)NP(=O)(OC[C@H]1O[C@@H](n2ccc(=O)[nH]c2=O)[C@](C)(F)[C@@H]1O)Oc1cccc2c1c1ccccc1n2C1CC1. The second kappa shape index (κ2) is 12.1. The van der Waals surface area contributed by atoms with E-state index in [-0.39, 0.29) is 5.75 Å². The van der Waals surface area contributed by atoms with Crippen LogP contribution in [0.15, 0.2) is 64.3 Å². The number of nitrogens with zero attached hydrogens (tertiary/aromatic N) is 2. The molecule has 46 heavy (non-hydrogen) atoms. The van der Waals surface area contributed by atoms with Crippen LogP contribution in [-0.2, 0) is 23.4 Å². The molecule has 0 bridgehead atoms. The Hall–Kier alpha value is -3.81. The van der Waals surface area contributed by atoms with Crippen molar-refractivity contribution in [1.29, 1.82) is 0 Å². The molecule has 1 saturated heterocycles. The molecule has 13 nitrogen and oxygen atoms in total. The standard InChI is InChI=1S/C31H36FN4O9P/c1-17(2)43-28(39)18(3)34-46(41,42-16-24-27(38)31(4,32)29(44-24)35-15-14-25(37)33-30(35)40)45-23-11-7-10-22-26(23)20-8-5-6-9-21(20)36(22)19-12-13-19/h5-11,14-15,17-19,24,27,29,38H,12-13,16H2,1-4H3,(H,34,41)(H,33,37,40)/t18-,24+,27+,29+,31+,46?/m0/s1. The number of alkyl halides is 1. The van der Waals surface area contributed by atoms with E-state index < -0.39 is 67.8 Å². The quantitative estimate of drug-likeness (QED) is 0.158. The van der Waals surface area contributed by atoms with Crippen LogP contribution < -0.4 is 20.9 Å². The van der Waals surface area contributed by atoms with Gasteiger partial charge in [0.1, 0.15) is 24.0 Å². The number of nitrogens with one attached hydrogen (secondary N) is 2. The number of benzene rings is 2. The molecule has 1 saturated carbocycles. The van der Waals surface area contributed by atoms with Gasteiger partial charge in [-0.25, -0.2) is 13.8 Å². The van der Waals surface area contributed by atoms with Crippen molar-refractivity contribution in [2.24, 2.45) is 0 Å². The average Bonchev–Trinajstić information content (AvgIpc) is 3.73. The Kier molecular flexibility index (Phi) is 8.45. The fourth-order valence-electron chi connectivity index (χ4n) is 5.80. The van der Waals surface area contributed by atoms with Crippen molar-refractivity contribution >= 4 is 35.5 Å². The Balaban J connectivity index is 1.33. The number of halogens is 1. The van der Waals surface area contributed by atoms with Crippen LogP contribution >= 0.6 is 7.75 Å². The molecule has 0 radical (unpaired) electrons. The van der Waals surface area contributed by atoms with Crippen LogP contribution in [0.25, 0.3) is 21.8 Å². The van der Waals surface area contributed by atoms with E-state index in [0.717, 1.165) is 53.0 Å². The first-order chi connectivity index (χ1) is 21.8. The Labute approximate surface area is 262 Å². The number of aliphatic hydroxyl groups excluding tert-OH is 1. The van der Waals surface area contributed by atoms with Gasteiger partial charge in [-0.1, -0.05) is 24.3 Å². The van der Waals surface area contributed by atoms with Crippen molar-refractivity contribution in [1.82, 2.24) is 19.2 Å². The zero-order valence-electron chi connectivity index (χ0n) is 25.7. The molecule has 1 unspecified atom stereocenters. The summed E-state index contributed by atoms with van der Waals surface area (Å²) in [4.78, 5) is 38.7. The van der Waals surface area contributed by atoms with Gasteiger partial charge in [0.15, 0.2) is 11.9 Å². The number of aromatic amines is 1. The van der Waals surface area contributed by atoms with Crippen LogP contribution in [-0.4, -0.2) is 61.8 Å². The van der Waals surface area contributed by atoms with Crippen molar-refractivity contribution in [2.45, 2.75) is 82.8 Å². The molecule has 0 spiro atoms. The van der Waals surface area contributed by atoms with E-state index in [1.165, 1.54) is 6.92 Å². The molecule has 2 aromatic heterocycles. The number of aromatic nitrogens is 3. The molecule has 4 aromatic rings. The summed E-state index contributed by atoms with van der Waals surface area (Å²) in [6, 6.07) is 13.3. The topological polar surface area (TPSA) is 163 Å². The third kappa shape index (κ3) is 6.03. The second-order valence-electron chi connectivity index (χ2n) is 12.1. The van der Waals surface area contributed by atoms with Gasteiger partial charge in [0, 0.05) is 29.2 Å². The molecule has 2 fully saturated rings. The lowest BCUT2D eigenvalue weighted by atomic mass is 9.98. The van der Waals surface area contributed by atoms with Crippen molar-refractivity contribution < 1.29 is 37.4 Å². The molecular formula is C31H36FN4O9P. The minimum Gasteiger partial charge on any atom is -0.462 e. The van der Waals surface area contributed by atoms with Gasteiger partial charge < -0.3 is 23.7 Å². The molecule has 1 aliphatic heterocycles. The van der Waals surface area contributed by atoms with Gasteiger partial charge >= 0.3 is 19.4 Å². The first-order valence-electron chi connectivity index (χ1n) is 15.1. The summed E-state index contributed by atoms with van der Waals surface area (Å²) in [5, 5.41) is 15.1. The molecule has 3 N–H and O–H groups in total. The van der Waals surface area contributed by atoms with Crippen molar-refractivity contribution in [3.05, 3.63) is 75.6 Å². The highest BCUT2D eigenvalue weighted by molar-refractivity contribution is 7.52. The fraction of sp³-hybridized carbons (Fsp3) is 0.452. The summed E-state index contributed by atoms with van der Waals surface area (Å²) in [5.74, 6) is -0.494. The second-order valence-corrected chi connectivity index (χ2v) is 13.8. The number of ether oxygens (including phenoxy) is 2. The van der Waals surface area contributed by atoms with Crippen molar-refractivity contribution in [2.75, 3.05) is 6.61 Å². The number of hydrogen-bond donors (Lipinski definition) is 3. The largest absolute Gasteiger partial charge is 0.462 e. The summed E-state index contributed by atoms with van der Waals surface area (Å²) >= 11 is 0. The van der Waals surface area contributed by atoms with Crippen LogP contribution in [0.3, 0.4) is 0 Å². The molecule has 246 valence electrons. The number of H-pyrrole nitrogens is 1. The minimum absolute atomic E-state index is 0.217. The Morgan fingerprint density at radius 1 is 1.15 bits per heavy atom. The number of para-hydroxylation sites is 1. The zero-order valence-corrected chi connectivity index (χ0v) is 26.6. The van der Waals surface area contributed by atoms with E-state index in [0.29, 0.717) is 11.4 Å². The van der Waals surface area contributed by atoms with Gasteiger partial charge in [0.05, 0.1) is 23.6 Å². The zero-order chi connectivity index (χ0) is 33.0. The maximum absolute atomic E-state index is 15.8. The maximum atomic E-state index is 15.8. The highest BCUT2D eigenvalue weighted by Crippen LogP contribution is 2.51. The van der Waals surface area contributed by atoms with Gasteiger partial charge in [-0.2, -0.15) is 5.09 Å². The smallest absolute Gasteiger partial charge is 0.459 e. The Morgan fingerprint density at radius 3 is 2.57 bits per heavy atom. The number of hydrogen-bond acceptors (Lipinski definition) is 9. The van der Waals surface area contributed by atoms with Crippen LogP contribution in [0, 0.1) is 0 Å².